The molecule has 1 amide bonds. The molecule has 2 aliphatic heterocycles. The summed E-state index contributed by atoms with van der Waals surface area (Å²) < 4.78 is 40.2. The van der Waals surface area contributed by atoms with Crippen molar-refractivity contribution in [3.05, 3.63) is 70.3 Å². The molecule has 45 heavy (non-hydrogen) atoms. The Balaban J connectivity index is 1.57. The largest absolute Gasteiger partial charge is 0.487 e. The number of nitrogens with zero attached hydrogens (tertiary/aromatic N) is 1. The minimum absolute atomic E-state index is 0.0559. The van der Waals surface area contributed by atoms with E-state index in [1.165, 1.54) is 7.11 Å². The number of anilines is 1. The van der Waals surface area contributed by atoms with E-state index in [4.69, 9.17) is 21.1 Å². The third-order valence-corrected chi connectivity index (χ3v) is 12.0. The summed E-state index contributed by atoms with van der Waals surface area (Å²) in [6.45, 7) is 4.87. The van der Waals surface area contributed by atoms with Crippen molar-refractivity contribution in [3.63, 3.8) is 0 Å². The summed E-state index contributed by atoms with van der Waals surface area (Å²) >= 11 is 6.31. The van der Waals surface area contributed by atoms with Crippen LogP contribution in [0.25, 0.3) is 0 Å². The maximum Gasteiger partial charge on any atom is 0.308 e. The topological polar surface area (TPSA) is 122 Å². The van der Waals surface area contributed by atoms with Gasteiger partial charge in [0.15, 0.2) is 0 Å². The quantitative estimate of drug-likeness (QED) is 0.324. The average molecular weight is 659 g/mol. The first-order valence-corrected chi connectivity index (χ1v) is 17.6. The predicted octanol–water partition coefficient (Wildman–Crippen LogP) is 5.43. The Labute approximate surface area is 271 Å². The molecule has 1 fully saturated rings. The van der Waals surface area contributed by atoms with Crippen LogP contribution in [0.15, 0.2) is 48.6 Å². The number of carbonyl (C=O) groups excluding carboxylic acids is 2. The van der Waals surface area contributed by atoms with Gasteiger partial charge in [0.25, 0.3) is 5.91 Å². The lowest BCUT2D eigenvalue weighted by molar-refractivity contribution is -0.149. The fourth-order valence-electron chi connectivity index (χ4n) is 6.69. The summed E-state index contributed by atoms with van der Waals surface area (Å²) in [6, 6.07) is 10.8. The molecule has 9 nitrogen and oxygen atoms in total. The van der Waals surface area contributed by atoms with Crippen molar-refractivity contribution >= 4 is 39.2 Å². The summed E-state index contributed by atoms with van der Waals surface area (Å²) in [5, 5.41) is 11.7. The molecule has 5 atom stereocenters. The number of methoxy groups -OCH3 is 1. The number of allylic oxidation sites excluding steroid dienone is 1. The smallest absolute Gasteiger partial charge is 0.308 e. The Kier molecular flexibility index (Phi) is 10.2. The summed E-state index contributed by atoms with van der Waals surface area (Å²) in [5.74, 6) is -1.15. The maximum atomic E-state index is 13.4. The van der Waals surface area contributed by atoms with Crippen molar-refractivity contribution in [2.75, 3.05) is 25.1 Å². The van der Waals surface area contributed by atoms with Crippen LogP contribution in [0.1, 0.15) is 73.9 Å². The average Bonchev–Trinajstić information content (AvgIpc) is 3.01. The predicted molar refractivity (Wildman–Crippen MR) is 174 cm³/mol. The second-order valence-electron chi connectivity index (χ2n) is 12.8. The van der Waals surface area contributed by atoms with Crippen molar-refractivity contribution < 1.29 is 32.6 Å². The minimum atomic E-state index is -4.02. The molecule has 2 N–H and O–H groups in total. The molecule has 0 saturated heterocycles. The van der Waals surface area contributed by atoms with E-state index < -0.39 is 32.8 Å². The summed E-state index contributed by atoms with van der Waals surface area (Å²) in [4.78, 5) is 28.0. The summed E-state index contributed by atoms with van der Waals surface area (Å²) in [5.41, 5.74) is 1.62. The maximum absolute atomic E-state index is 13.4. The third kappa shape index (κ3) is 7.50. The highest BCUT2D eigenvalue weighted by Gasteiger charge is 2.47. The fraction of sp³-hybridized carbons (Fsp3) is 0.529. The zero-order valence-electron chi connectivity index (χ0n) is 26.1. The van der Waals surface area contributed by atoms with Crippen molar-refractivity contribution in [1.82, 2.24) is 4.72 Å². The highest BCUT2D eigenvalue weighted by molar-refractivity contribution is 7.90. The van der Waals surface area contributed by atoms with E-state index in [0.29, 0.717) is 42.6 Å². The van der Waals surface area contributed by atoms with Crippen LogP contribution < -0.4 is 14.4 Å². The number of ether oxygens (including phenoxy) is 2. The van der Waals surface area contributed by atoms with Crippen molar-refractivity contribution in [1.29, 1.82) is 0 Å². The molecule has 1 saturated carbocycles. The third-order valence-electron chi connectivity index (χ3n) is 9.85. The number of aliphatic hydroxyl groups is 1. The van der Waals surface area contributed by atoms with Crippen LogP contribution >= 0.6 is 11.6 Å². The van der Waals surface area contributed by atoms with Crippen molar-refractivity contribution in [3.8, 4) is 5.75 Å². The fourth-order valence-corrected chi connectivity index (χ4v) is 8.17. The zero-order chi connectivity index (χ0) is 32.4. The lowest BCUT2D eigenvalue weighted by Crippen LogP contribution is -2.51. The highest BCUT2D eigenvalue weighted by atomic mass is 35.5. The first kappa shape index (κ1) is 33.3. The van der Waals surface area contributed by atoms with Gasteiger partial charge in [0.2, 0.25) is 10.0 Å². The number of halogens is 1. The molecule has 2 aromatic carbocycles. The molecular formula is C34H43ClN2O7S. The highest BCUT2D eigenvalue weighted by Crippen LogP contribution is 2.46. The van der Waals surface area contributed by atoms with Crippen LogP contribution in [0.3, 0.4) is 0 Å². The number of esters is 1. The Morgan fingerprint density at radius 1 is 1.16 bits per heavy atom. The molecule has 0 radical (unpaired) electrons. The number of fused-ring (bicyclic) bond motifs is 3. The van der Waals surface area contributed by atoms with Crippen molar-refractivity contribution in [2.45, 2.75) is 76.3 Å². The lowest BCUT2D eigenvalue weighted by Gasteiger charge is -2.48. The minimum Gasteiger partial charge on any atom is -0.487 e. The Bertz CT molecular complexity index is 1560. The molecule has 11 heteroatoms. The molecule has 5 rings (SSSR count). The normalized spacial score (nSPS) is 29.4. The summed E-state index contributed by atoms with van der Waals surface area (Å²) in [6.07, 6.45) is 7.74. The Morgan fingerprint density at radius 3 is 2.69 bits per heavy atom. The molecule has 0 spiro atoms. The van der Waals surface area contributed by atoms with Gasteiger partial charge in [-0.15, -0.1) is 0 Å². The van der Waals surface area contributed by atoms with Gasteiger partial charge < -0.3 is 19.5 Å². The van der Waals surface area contributed by atoms with Gasteiger partial charge in [0.05, 0.1) is 30.1 Å². The van der Waals surface area contributed by atoms with Gasteiger partial charge in [0.1, 0.15) is 12.4 Å². The lowest BCUT2D eigenvalue weighted by atomic mass is 9.63. The van der Waals surface area contributed by atoms with Crippen molar-refractivity contribution in [2.24, 2.45) is 17.8 Å². The van der Waals surface area contributed by atoms with Crippen LogP contribution in [0.4, 0.5) is 5.69 Å². The van der Waals surface area contributed by atoms with Gasteiger partial charge in [-0.25, -0.2) is 13.1 Å². The number of benzene rings is 2. The van der Waals surface area contributed by atoms with Crippen LogP contribution in [-0.4, -0.2) is 56.5 Å². The summed E-state index contributed by atoms with van der Waals surface area (Å²) in [7, 11) is -2.71. The Morgan fingerprint density at radius 2 is 1.96 bits per heavy atom. The molecular weight excluding hydrogens is 616 g/mol. The number of amides is 1. The van der Waals surface area contributed by atoms with E-state index in [9.17, 15) is 23.1 Å². The SMILES string of the molecule is COC(=O)C[C@]1(O)/C=C/C[C@H](C)[C@@H](C)S(=O)(=O)NC(=O)c2ccc3c(c2)N(CCCCc2cc(Cl)ccc2CO3)C[C@@H]2CC[C@H]21. The van der Waals surface area contributed by atoms with E-state index in [-0.39, 0.29) is 29.7 Å². The molecule has 2 heterocycles. The second-order valence-corrected chi connectivity index (χ2v) is 15.2. The van der Waals surface area contributed by atoms with Gasteiger partial charge in [-0.1, -0.05) is 36.7 Å². The number of rotatable bonds is 2. The van der Waals surface area contributed by atoms with E-state index in [2.05, 4.69) is 9.62 Å². The number of carbonyl (C=O) groups is 2. The molecule has 1 aliphatic carbocycles. The number of hydrogen-bond acceptors (Lipinski definition) is 8. The zero-order valence-corrected chi connectivity index (χ0v) is 27.7. The first-order valence-electron chi connectivity index (χ1n) is 15.7. The Hall–Kier alpha value is -3.08. The molecule has 2 bridgehead atoms. The van der Waals surface area contributed by atoms with Crippen LogP contribution in [0, 0.1) is 17.8 Å². The first-order chi connectivity index (χ1) is 21.4. The number of aryl methyl sites for hydroxylation is 1. The molecule has 3 aliphatic rings. The second kappa shape index (κ2) is 13.7. The van der Waals surface area contributed by atoms with E-state index in [1.54, 1.807) is 44.2 Å². The van der Waals surface area contributed by atoms with Crippen LogP contribution in [-0.2, 0) is 32.6 Å². The van der Waals surface area contributed by atoms with Gasteiger partial charge in [-0.05, 0) is 105 Å². The molecule has 244 valence electrons. The van der Waals surface area contributed by atoms with Gasteiger partial charge in [-0.2, -0.15) is 0 Å². The van der Waals surface area contributed by atoms with Gasteiger partial charge in [0, 0.05) is 23.7 Å². The van der Waals surface area contributed by atoms with E-state index >= 15 is 0 Å². The van der Waals surface area contributed by atoms with Gasteiger partial charge in [-0.3, -0.25) is 9.59 Å². The van der Waals surface area contributed by atoms with Crippen LogP contribution in [0.5, 0.6) is 5.75 Å². The van der Waals surface area contributed by atoms with Crippen LogP contribution in [0.2, 0.25) is 5.02 Å². The standard InChI is InChI=1S/C34H43ClN2O7S/c1-22-7-6-15-34(40,19-32(38)43-3)29-13-10-26(29)20-37-16-5-4-8-24-17-28(35)12-9-27(24)21-44-31-14-11-25(18-30(31)37)33(39)36-45(41,42)23(22)2/h6,9,11-12,14-15,17-18,22-23,26,29,40H,4-5,7-8,10,13,16,19-21H2,1-3H3,(H,36,39)/b15-6+/t22-,23+,26-,29+,34+/m0/s1. The number of sulfonamides is 1. The van der Waals surface area contributed by atoms with E-state index in [1.807, 2.05) is 18.2 Å². The molecule has 0 aromatic heterocycles. The molecule has 0 unspecified atom stereocenters. The number of nitrogens with one attached hydrogen (secondary N) is 1. The van der Waals surface area contributed by atoms with E-state index in [0.717, 1.165) is 43.2 Å². The van der Waals surface area contributed by atoms with Gasteiger partial charge >= 0.3 is 5.97 Å². The monoisotopic (exact) mass is 658 g/mol. The number of hydrogen-bond donors (Lipinski definition) is 2. The molecule has 2 aromatic rings.